The third-order valence-electron chi connectivity index (χ3n) is 6.40. The van der Waals surface area contributed by atoms with Crippen molar-refractivity contribution in [2.45, 2.75) is 17.9 Å². The van der Waals surface area contributed by atoms with Gasteiger partial charge in [-0.2, -0.15) is 0 Å². The summed E-state index contributed by atoms with van der Waals surface area (Å²) in [6.45, 7) is 0. The molecule has 5 aromatic rings. The third-order valence-corrected chi connectivity index (χ3v) is 10.3. The number of halogens is 1. The molecule has 2 atom stereocenters. The Kier molecular flexibility index (Phi) is 9.02. The van der Waals surface area contributed by atoms with Gasteiger partial charge in [-0.05, 0) is 78.7 Å². The zero-order chi connectivity index (χ0) is 27.9. The van der Waals surface area contributed by atoms with Gasteiger partial charge in [-0.15, -0.1) is 0 Å². The van der Waals surface area contributed by atoms with Crippen molar-refractivity contribution in [2.75, 3.05) is 5.32 Å². The largest absolute Gasteiger partial charge is 0.438 e. The van der Waals surface area contributed by atoms with E-state index in [-0.39, 0.29) is 11.4 Å². The van der Waals surface area contributed by atoms with Crippen LogP contribution >= 0.6 is 32.7 Å². The molecule has 1 aliphatic heterocycles. The summed E-state index contributed by atoms with van der Waals surface area (Å²) in [7, 11) is -2.92. The lowest BCUT2D eigenvalue weighted by molar-refractivity contribution is 0.452. The molecule has 5 aromatic carbocycles. The van der Waals surface area contributed by atoms with E-state index in [1.807, 2.05) is 127 Å². The van der Waals surface area contributed by atoms with Crippen LogP contribution in [0.4, 0.5) is 5.69 Å². The van der Waals surface area contributed by atoms with Crippen LogP contribution in [0.1, 0.15) is 17.6 Å². The Balaban J connectivity index is 1.37. The van der Waals surface area contributed by atoms with E-state index in [9.17, 15) is 0 Å². The Hall–Kier alpha value is -3.56. The summed E-state index contributed by atoms with van der Waals surface area (Å²) in [4.78, 5) is 0. The van der Waals surface area contributed by atoms with Crippen LogP contribution in [0.3, 0.4) is 0 Å². The van der Waals surface area contributed by atoms with E-state index in [1.54, 1.807) is 0 Å². The number of rotatable bonds is 10. The van der Waals surface area contributed by atoms with Gasteiger partial charge >= 0.3 is 8.38 Å². The molecule has 0 aliphatic carbocycles. The molecule has 1 N–H and O–H groups in total. The number of fused-ring (bicyclic) bond motifs is 1. The van der Waals surface area contributed by atoms with Gasteiger partial charge in [0, 0.05) is 10.2 Å². The van der Waals surface area contributed by atoms with E-state index in [2.05, 4.69) is 33.4 Å². The van der Waals surface area contributed by atoms with E-state index < -0.39 is 16.8 Å². The smallest absolute Gasteiger partial charge is 0.314 e. The van der Waals surface area contributed by atoms with Gasteiger partial charge in [0.1, 0.15) is 28.8 Å². The van der Waals surface area contributed by atoms with Crippen LogP contribution in [0.15, 0.2) is 144 Å². The SMILES string of the molecule is Brc1ccc2c(c1)C(P(Oc1ccccc1)Oc1ccccc1)CC(P(Oc1ccccc1)Oc1ccccc1)N2. The van der Waals surface area contributed by atoms with Crippen LogP contribution in [-0.4, -0.2) is 5.78 Å². The van der Waals surface area contributed by atoms with E-state index in [0.717, 1.165) is 38.7 Å². The summed E-state index contributed by atoms with van der Waals surface area (Å²) in [6, 6.07) is 45.7. The maximum atomic E-state index is 6.64. The fourth-order valence-corrected chi connectivity index (χ4v) is 8.39. The highest BCUT2D eigenvalue weighted by molar-refractivity contribution is 9.10. The van der Waals surface area contributed by atoms with Gasteiger partial charge in [-0.1, -0.05) is 88.7 Å². The zero-order valence-electron chi connectivity index (χ0n) is 22.0. The second kappa shape index (κ2) is 13.4. The van der Waals surface area contributed by atoms with Crippen molar-refractivity contribution in [1.82, 2.24) is 0 Å². The molecule has 2 unspecified atom stereocenters. The summed E-state index contributed by atoms with van der Waals surface area (Å²) in [5, 5.41) is 3.73. The van der Waals surface area contributed by atoms with Gasteiger partial charge in [0.05, 0.1) is 5.66 Å². The second-order valence-corrected chi connectivity index (χ2v) is 13.4. The number of nitrogens with one attached hydrogen (secondary N) is 1. The number of para-hydroxylation sites is 4. The highest BCUT2D eigenvalue weighted by atomic mass is 79.9. The first-order chi connectivity index (χ1) is 20.2. The van der Waals surface area contributed by atoms with Gasteiger partial charge in [-0.25, -0.2) is 0 Å². The standard InChI is InChI=1S/C33H28BrNO4P2/c34-25-21-22-31-30(23-25)32(40(36-26-13-5-1-6-14-26)37-27-15-7-2-8-16-27)24-33(35-31)41(38-28-17-9-3-10-18-28)39-29-19-11-4-12-20-29/h1-23,32-33,35H,24H2. The van der Waals surface area contributed by atoms with Crippen LogP contribution in [0.25, 0.3) is 0 Å². The summed E-state index contributed by atoms with van der Waals surface area (Å²) < 4.78 is 27.4. The predicted molar refractivity (Wildman–Crippen MR) is 171 cm³/mol. The normalized spacial score (nSPS) is 16.0. The minimum Gasteiger partial charge on any atom is -0.438 e. The lowest BCUT2D eigenvalue weighted by Gasteiger charge is -2.38. The summed E-state index contributed by atoms with van der Waals surface area (Å²) in [6.07, 6.45) is 0.681. The maximum absolute atomic E-state index is 6.64. The highest BCUT2D eigenvalue weighted by Gasteiger charge is 2.42. The molecule has 0 spiro atoms. The molecule has 206 valence electrons. The quantitative estimate of drug-likeness (QED) is 0.153. The molecular weight excluding hydrogens is 616 g/mol. The minimum absolute atomic E-state index is 0.0760. The Morgan fingerprint density at radius 2 is 0.951 bits per heavy atom. The molecule has 6 rings (SSSR count). The fraction of sp³-hybridized carbons (Fsp3) is 0.0909. The average molecular weight is 644 g/mol. The van der Waals surface area contributed by atoms with E-state index >= 15 is 0 Å². The van der Waals surface area contributed by atoms with Gasteiger partial charge in [-0.3, -0.25) is 0 Å². The Morgan fingerprint density at radius 1 is 0.537 bits per heavy atom. The predicted octanol–water partition coefficient (Wildman–Crippen LogP) is 10.6. The molecule has 1 aliphatic rings. The monoisotopic (exact) mass is 643 g/mol. The van der Waals surface area contributed by atoms with Gasteiger partial charge < -0.3 is 23.4 Å². The first kappa shape index (κ1) is 27.6. The highest BCUT2D eigenvalue weighted by Crippen LogP contribution is 2.61. The Bertz CT molecular complexity index is 1450. The molecule has 8 heteroatoms. The number of anilines is 1. The lowest BCUT2D eigenvalue weighted by Crippen LogP contribution is -2.30. The van der Waals surface area contributed by atoms with Crippen molar-refractivity contribution in [1.29, 1.82) is 0 Å². The van der Waals surface area contributed by atoms with Crippen LogP contribution in [-0.2, 0) is 0 Å². The van der Waals surface area contributed by atoms with Crippen LogP contribution in [0.2, 0.25) is 0 Å². The number of hydrogen-bond donors (Lipinski definition) is 1. The Morgan fingerprint density at radius 3 is 1.39 bits per heavy atom. The molecule has 0 saturated heterocycles. The molecule has 0 aromatic heterocycles. The molecule has 0 saturated carbocycles. The summed E-state index contributed by atoms with van der Waals surface area (Å²) in [5.74, 6) is 2.91. The molecule has 5 nitrogen and oxygen atoms in total. The molecule has 0 radical (unpaired) electrons. The third kappa shape index (κ3) is 7.21. The van der Waals surface area contributed by atoms with E-state index in [0.29, 0.717) is 6.42 Å². The topological polar surface area (TPSA) is 49.0 Å². The van der Waals surface area contributed by atoms with Crippen molar-refractivity contribution in [2.24, 2.45) is 0 Å². The van der Waals surface area contributed by atoms with Crippen molar-refractivity contribution >= 4 is 38.4 Å². The van der Waals surface area contributed by atoms with Crippen molar-refractivity contribution in [3.8, 4) is 23.0 Å². The molecule has 0 bridgehead atoms. The van der Waals surface area contributed by atoms with Crippen molar-refractivity contribution < 1.29 is 18.1 Å². The number of benzene rings is 5. The molecule has 0 fully saturated rings. The van der Waals surface area contributed by atoms with Crippen molar-refractivity contribution in [3.05, 3.63) is 150 Å². The molecule has 41 heavy (non-hydrogen) atoms. The molecule has 1 heterocycles. The zero-order valence-corrected chi connectivity index (χ0v) is 25.4. The van der Waals surface area contributed by atoms with Crippen molar-refractivity contribution in [3.63, 3.8) is 0 Å². The first-order valence-corrected chi connectivity index (χ1v) is 16.6. The van der Waals surface area contributed by atoms with Crippen LogP contribution in [0, 0.1) is 0 Å². The van der Waals surface area contributed by atoms with E-state index in [1.165, 1.54) is 0 Å². The number of hydrogen-bond acceptors (Lipinski definition) is 5. The van der Waals surface area contributed by atoms with Gasteiger partial charge in [0.2, 0.25) is 0 Å². The molecular formula is C33H28BrNO4P2. The second-order valence-electron chi connectivity index (χ2n) is 9.33. The summed E-state index contributed by atoms with van der Waals surface area (Å²) in [5.41, 5.74) is 2.06. The first-order valence-electron chi connectivity index (χ1n) is 13.3. The summed E-state index contributed by atoms with van der Waals surface area (Å²) >= 11 is 3.69. The fourth-order valence-electron chi connectivity index (χ4n) is 4.49. The Labute approximate surface area is 251 Å². The molecule has 0 amide bonds. The maximum Gasteiger partial charge on any atom is 0.314 e. The van der Waals surface area contributed by atoms with Crippen LogP contribution in [0.5, 0.6) is 23.0 Å². The van der Waals surface area contributed by atoms with E-state index in [4.69, 9.17) is 18.1 Å². The minimum atomic E-state index is -1.46. The van der Waals surface area contributed by atoms with Gasteiger partial charge in [0.25, 0.3) is 8.38 Å². The van der Waals surface area contributed by atoms with Crippen LogP contribution < -0.4 is 23.4 Å². The average Bonchev–Trinajstić information content (AvgIpc) is 3.02. The van der Waals surface area contributed by atoms with Gasteiger partial charge in [0.15, 0.2) is 0 Å². The lowest BCUT2D eigenvalue weighted by atomic mass is 10.0.